The van der Waals surface area contributed by atoms with Crippen molar-refractivity contribution in [2.75, 3.05) is 26.2 Å². The van der Waals surface area contributed by atoms with Gasteiger partial charge in [-0.1, -0.05) is 53.4 Å². The zero-order valence-corrected chi connectivity index (χ0v) is 16.8. The first kappa shape index (κ1) is 28.2. The Morgan fingerprint density at radius 2 is 1.04 bits per heavy atom. The molecule has 1 unspecified atom stereocenters. The van der Waals surface area contributed by atoms with E-state index in [4.69, 9.17) is 5.11 Å². The highest BCUT2D eigenvalue weighted by atomic mass is 16.4. The van der Waals surface area contributed by atoms with Gasteiger partial charge in [-0.25, -0.2) is 0 Å². The molecule has 0 aromatic heterocycles. The number of carboxylic acid groups (broad SMARTS) is 1. The number of carbonyl (C=O) groups is 1. The van der Waals surface area contributed by atoms with E-state index in [9.17, 15) is 9.90 Å². The van der Waals surface area contributed by atoms with Gasteiger partial charge in [0.2, 0.25) is 0 Å². The topological polar surface area (TPSA) is 91.9 Å². The summed E-state index contributed by atoms with van der Waals surface area (Å²) in [7, 11) is 0. The highest BCUT2D eigenvalue weighted by molar-refractivity contribution is 5.68. The molecule has 0 radical (unpaired) electrons. The van der Waals surface area contributed by atoms with Gasteiger partial charge in [-0.2, -0.15) is 0 Å². The molecule has 24 heavy (non-hydrogen) atoms. The lowest BCUT2D eigenvalue weighted by atomic mass is 10.1. The summed E-state index contributed by atoms with van der Waals surface area (Å²) in [6.45, 7) is 16.2. The maximum absolute atomic E-state index is 9.34. The molecule has 0 aromatic carbocycles. The molecule has 0 amide bonds. The minimum atomic E-state index is -1.44. The van der Waals surface area contributed by atoms with Crippen LogP contribution < -0.4 is 5.11 Å². The molecule has 0 aliphatic carbocycles. The van der Waals surface area contributed by atoms with Crippen LogP contribution >= 0.6 is 0 Å². The first-order valence-electron chi connectivity index (χ1n) is 9.63. The van der Waals surface area contributed by atoms with E-state index in [0.29, 0.717) is 0 Å². The lowest BCUT2D eigenvalue weighted by molar-refractivity contribution is -0.929. The third kappa shape index (κ3) is 16.2. The standard InChI is InChI=1S/C16H36N.C3H6O3.H2O/c1-5-9-13-17(14-10-6-2,15-11-7-3)16-12-8-4;1-2(4)3(5)6;/h5-16H2,1-4H3;2,4H,1H3,(H,5,6);1H2/q+1;;/p-1. The average molecular weight is 350 g/mol. The molecule has 0 aromatic rings. The fourth-order valence-corrected chi connectivity index (χ4v) is 2.64. The predicted molar refractivity (Wildman–Crippen MR) is 99.7 cm³/mol. The lowest BCUT2D eigenvalue weighted by Crippen LogP contribution is -2.50. The Balaban J connectivity index is -0.000000538. The number of hydrogen-bond donors (Lipinski definition) is 1. The summed E-state index contributed by atoms with van der Waals surface area (Å²) >= 11 is 0. The number of unbranched alkanes of at least 4 members (excludes halogenated alkanes) is 4. The van der Waals surface area contributed by atoms with Gasteiger partial charge in [-0.15, -0.1) is 0 Å². The maximum atomic E-state index is 9.34. The number of rotatable bonds is 13. The van der Waals surface area contributed by atoms with Crippen molar-refractivity contribution in [1.82, 2.24) is 0 Å². The van der Waals surface area contributed by atoms with Crippen molar-refractivity contribution in [1.29, 1.82) is 0 Å². The molecule has 0 saturated carbocycles. The van der Waals surface area contributed by atoms with E-state index in [-0.39, 0.29) is 5.48 Å². The normalized spacial score (nSPS) is 11.9. The Bertz CT molecular complexity index is 233. The van der Waals surface area contributed by atoms with Crippen LogP contribution in [0.25, 0.3) is 0 Å². The first-order chi connectivity index (χ1) is 10.9. The van der Waals surface area contributed by atoms with Gasteiger partial charge in [0.05, 0.1) is 38.3 Å². The zero-order chi connectivity index (χ0) is 18.1. The third-order valence-corrected chi connectivity index (χ3v) is 4.29. The molecular weight excluding hydrogens is 306 g/mol. The molecule has 5 heteroatoms. The van der Waals surface area contributed by atoms with E-state index >= 15 is 0 Å². The van der Waals surface area contributed by atoms with Gasteiger partial charge in [-0.05, 0) is 32.6 Å². The minimum Gasteiger partial charge on any atom is -0.547 e. The van der Waals surface area contributed by atoms with Crippen LogP contribution in [0.5, 0.6) is 0 Å². The zero-order valence-electron chi connectivity index (χ0n) is 16.8. The molecule has 0 aliphatic heterocycles. The summed E-state index contributed by atoms with van der Waals surface area (Å²) in [5.74, 6) is -1.44. The van der Waals surface area contributed by atoms with Crippen LogP contribution in [0, 0.1) is 0 Å². The van der Waals surface area contributed by atoms with Crippen LogP contribution in [0.2, 0.25) is 0 Å². The summed E-state index contributed by atoms with van der Waals surface area (Å²) in [5, 5.41) is 17.3. The number of aliphatic carboxylic acids is 1. The Kier molecular flexibility index (Phi) is 21.9. The fraction of sp³-hybridized carbons (Fsp3) is 0.947. The van der Waals surface area contributed by atoms with Crippen LogP contribution in [-0.2, 0) is 4.79 Å². The van der Waals surface area contributed by atoms with Gasteiger partial charge in [0.25, 0.3) is 0 Å². The van der Waals surface area contributed by atoms with Gasteiger partial charge in [-0.3, -0.25) is 0 Å². The summed E-state index contributed by atoms with van der Waals surface area (Å²) in [5.41, 5.74) is 0. The predicted octanol–water partition coefficient (Wildman–Crippen LogP) is 2.30. The van der Waals surface area contributed by atoms with Crippen molar-refractivity contribution in [3.05, 3.63) is 0 Å². The molecule has 0 spiro atoms. The third-order valence-electron chi connectivity index (χ3n) is 4.29. The monoisotopic (exact) mass is 349 g/mol. The van der Waals surface area contributed by atoms with E-state index in [1.165, 1.54) is 82.0 Å². The number of nitrogens with zero attached hydrogens (tertiary/aromatic N) is 1. The molecular formula is C19H43NO4. The van der Waals surface area contributed by atoms with Crippen molar-refractivity contribution < 1.29 is 25.0 Å². The number of carboxylic acids is 1. The summed E-state index contributed by atoms with van der Waals surface area (Å²) in [4.78, 5) is 9.34. The van der Waals surface area contributed by atoms with E-state index in [1.54, 1.807) is 0 Å². The summed E-state index contributed by atoms with van der Waals surface area (Å²) in [6, 6.07) is 0. The molecule has 1 atom stereocenters. The number of quaternary nitrogens is 1. The Labute approximate surface area is 150 Å². The van der Waals surface area contributed by atoms with Crippen LogP contribution in [0.3, 0.4) is 0 Å². The van der Waals surface area contributed by atoms with Crippen molar-refractivity contribution in [3.8, 4) is 0 Å². The van der Waals surface area contributed by atoms with Gasteiger partial charge in [0.15, 0.2) is 0 Å². The molecule has 148 valence electrons. The van der Waals surface area contributed by atoms with Crippen molar-refractivity contribution in [3.63, 3.8) is 0 Å². The van der Waals surface area contributed by atoms with E-state index < -0.39 is 12.1 Å². The molecule has 3 N–H and O–H groups in total. The largest absolute Gasteiger partial charge is 0.547 e. The van der Waals surface area contributed by atoms with Crippen LogP contribution in [0.15, 0.2) is 0 Å². The van der Waals surface area contributed by atoms with Crippen LogP contribution in [0.4, 0.5) is 0 Å². The van der Waals surface area contributed by atoms with Gasteiger partial charge in [0.1, 0.15) is 0 Å². The summed E-state index contributed by atoms with van der Waals surface area (Å²) in [6.07, 6.45) is 9.72. The van der Waals surface area contributed by atoms with Gasteiger partial charge >= 0.3 is 0 Å². The molecule has 0 rings (SSSR count). The molecule has 5 nitrogen and oxygen atoms in total. The van der Waals surface area contributed by atoms with Crippen molar-refractivity contribution in [2.45, 2.75) is 92.1 Å². The highest BCUT2D eigenvalue weighted by Crippen LogP contribution is 2.16. The number of hydrogen-bond acceptors (Lipinski definition) is 3. The average Bonchev–Trinajstić information content (AvgIpc) is 2.54. The van der Waals surface area contributed by atoms with E-state index in [0.717, 1.165) is 6.92 Å². The van der Waals surface area contributed by atoms with E-state index in [2.05, 4.69) is 27.7 Å². The number of aliphatic hydroxyl groups is 1. The molecule has 0 fully saturated rings. The Morgan fingerprint density at radius 3 is 1.17 bits per heavy atom. The Hall–Kier alpha value is -0.650. The maximum Gasteiger partial charge on any atom is 0.0905 e. The summed E-state index contributed by atoms with van der Waals surface area (Å²) < 4.78 is 1.42. The van der Waals surface area contributed by atoms with Crippen molar-refractivity contribution in [2.24, 2.45) is 0 Å². The van der Waals surface area contributed by atoms with E-state index in [1.807, 2.05) is 0 Å². The molecule has 0 saturated heterocycles. The second-order valence-corrected chi connectivity index (χ2v) is 6.65. The second-order valence-electron chi connectivity index (χ2n) is 6.65. The van der Waals surface area contributed by atoms with Crippen LogP contribution in [0.1, 0.15) is 86.0 Å². The molecule has 0 heterocycles. The fourth-order valence-electron chi connectivity index (χ4n) is 2.64. The smallest absolute Gasteiger partial charge is 0.0905 e. The lowest BCUT2D eigenvalue weighted by Gasteiger charge is -2.39. The first-order valence-corrected chi connectivity index (χ1v) is 9.63. The second kappa shape index (κ2) is 18.7. The SMILES string of the molecule is CC(O)C(=O)[O-].CCCC[N+](CCCC)(CCCC)CCCC.O. The molecule has 0 bridgehead atoms. The van der Waals surface area contributed by atoms with Crippen molar-refractivity contribution >= 4 is 5.97 Å². The number of aliphatic hydroxyl groups excluding tert-OH is 1. The highest BCUT2D eigenvalue weighted by Gasteiger charge is 2.24. The quantitative estimate of drug-likeness (QED) is 0.517. The van der Waals surface area contributed by atoms with Gasteiger partial charge < -0.3 is 25.0 Å². The minimum absolute atomic E-state index is 0. The van der Waals surface area contributed by atoms with Crippen LogP contribution in [-0.4, -0.2) is 53.3 Å². The molecule has 0 aliphatic rings. The Morgan fingerprint density at radius 1 is 0.833 bits per heavy atom. The number of carbonyl (C=O) groups excluding carboxylic acids is 1. The van der Waals surface area contributed by atoms with Gasteiger partial charge in [0, 0.05) is 0 Å².